The molecule has 2 unspecified atom stereocenters. The minimum Gasteiger partial charge on any atom is -0.379 e. The summed E-state index contributed by atoms with van der Waals surface area (Å²) in [7, 11) is -3.50. The SMILES string of the molecule is O=C1C(=O)C(Nc2ccncc2)C1NCCCCCCCS(=O)(=O)N(OCCN1CCOCC1)C1CCCCC1. The third-order valence-corrected chi connectivity index (χ3v) is 9.72. The molecule has 2 saturated carbocycles. The van der Waals surface area contributed by atoms with Crippen molar-refractivity contribution >= 4 is 27.3 Å². The van der Waals surface area contributed by atoms with Crippen molar-refractivity contribution in [2.24, 2.45) is 0 Å². The maximum Gasteiger partial charge on any atom is 0.236 e. The predicted molar refractivity (Wildman–Crippen MR) is 152 cm³/mol. The fourth-order valence-electron chi connectivity index (χ4n) is 5.58. The molecule has 3 aliphatic rings. The van der Waals surface area contributed by atoms with Crippen molar-refractivity contribution in [1.29, 1.82) is 0 Å². The molecule has 40 heavy (non-hydrogen) atoms. The summed E-state index contributed by atoms with van der Waals surface area (Å²) in [6.45, 7) is 4.84. The van der Waals surface area contributed by atoms with E-state index in [-0.39, 0.29) is 17.6 Å². The number of hydrogen-bond acceptors (Lipinski definition) is 10. The Balaban J connectivity index is 1.12. The van der Waals surface area contributed by atoms with Gasteiger partial charge in [0.15, 0.2) is 0 Å². The molecule has 1 saturated heterocycles. The minimum atomic E-state index is -3.50. The standard InChI is InChI=1S/C28H45N5O6S/c34-27-25(26(28(27)35)31-23-11-14-29-15-12-23)30-13-7-2-1-3-8-22-40(36,37)33(24-9-5-4-6-10-24)39-21-18-32-16-19-38-20-17-32/h11-12,14-15,24-26,30H,1-10,13,16-22H2,(H,29,31). The van der Waals surface area contributed by atoms with Crippen molar-refractivity contribution in [3.8, 4) is 0 Å². The molecular weight excluding hydrogens is 534 g/mol. The smallest absolute Gasteiger partial charge is 0.236 e. The molecule has 0 bridgehead atoms. The fourth-order valence-corrected chi connectivity index (χ4v) is 7.23. The first-order chi connectivity index (χ1) is 19.5. The first-order valence-electron chi connectivity index (χ1n) is 14.9. The van der Waals surface area contributed by atoms with Gasteiger partial charge < -0.3 is 15.4 Å². The third-order valence-electron chi connectivity index (χ3n) is 7.96. The van der Waals surface area contributed by atoms with E-state index in [1.54, 1.807) is 24.5 Å². The molecular formula is C28H45N5O6S. The van der Waals surface area contributed by atoms with Gasteiger partial charge >= 0.3 is 0 Å². The molecule has 0 amide bonds. The molecule has 0 radical (unpaired) electrons. The molecule has 0 aromatic carbocycles. The highest BCUT2D eigenvalue weighted by Crippen LogP contribution is 2.26. The highest BCUT2D eigenvalue weighted by molar-refractivity contribution is 7.88. The summed E-state index contributed by atoms with van der Waals surface area (Å²) in [6, 6.07) is 2.40. The van der Waals surface area contributed by atoms with Gasteiger partial charge in [-0.2, -0.15) is 0 Å². The van der Waals surface area contributed by atoms with E-state index in [1.807, 2.05) is 0 Å². The monoisotopic (exact) mass is 579 g/mol. The van der Waals surface area contributed by atoms with E-state index in [0.29, 0.717) is 39.3 Å². The number of ketones is 2. The van der Waals surface area contributed by atoms with Crippen LogP contribution >= 0.6 is 0 Å². The van der Waals surface area contributed by atoms with Crippen LogP contribution in [0, 0.1) is 0 Å². The van der Waals surface area contributed by atoms with Crippen LogP contribution in [0.2, 0.25) is 0 Å². The number of sulfonamides is 1. The van der Waals surface area contributed by atoms with Crippen LogP contribution in [0.15, 0.2) is 24.5 Å². The molecule has 3 fully saturated rings. The van der Waals surface area contributed by atoms with Gasteiger partial charge in [-0.15, -0.1) is 0 Å². The van der Waals surface area contributed by atoms with Crippen molar-refractivity contribution in [1.82, 2.24) is 19.7 Å². The highest BCUT2D eigenvalue weighted by atomic mass is 32.2. The van der Waals surface area contributed by atoms with Crippen molar-refractivity contribution in [3.63, 3.8) is 0 Å². The second-order valence-corrected chi connectivity index (χ2v) is 12.9. The number of carbonyl (C=O) groups excluding carboxylic acids is 2. The lowest BCUT2D eigenvalue weighted by atomic mass is 9.82. The van der Waals surface area contributed by atoms with E-state index in [9.17, 15) is 18.0 Å². The lowest BCUT2D eigenvalue weighted by Gasteiger charge is -2.34. The largest absolute Gasteiger partial charge is 0.379 e. The average molecular weight is 580 g/mol. The molecule has 11 nitrogen and oxygen atoms in total. The Morgan fingerprint density at radius 1 is 0.950 bits per heavy atom. The lowest BCUT2D eigenvalue weighted by Crippen LogP contribution is -2.67. The number of ether oxygens (including phenoxy) is 1. The number of Topliss-reactive ketones (excluding diaryl/α,β-unsaturated/α-hetero) is 2. The van der Waals surface area contributed by atoms with Crippen LogP contribution in [-0.4, -0.2) is 104 Å². The van der Waals surface area contributed by atoms with Crippen LogP contribution in [0.1, 0.15) is 64.2 Å². The fraction of sp³-hybridized carbons (Fsp3) is 0.750. The first-order valence-corrected chi connectivity index (χ1v) is 16.5. The molecule has 224 valence electrons. The molecule has 12 heteroatoms. The number of unbranched alkanes of at least 4 members (excludes halogenated alkanes) is 4. The molecule has 0 spiro atoms. The van der Waals surface area contributed by atoms with E-state index in [4.69, 9.17) is 9.57 Å². The van der Waals surface area contributed by atoms with Gasteiger partial charge in [0.2, 0.25) is 21.6 Å². The van der Waals surface area contributed by atoms with Gasteiger partial charge in [0.05, 0.1) is 31.6 Å². The molecule has 1 aromatic rings. The summed E-state index contributed by atoms with van der Waals surface area (Å²) in [5.74, 6) is -0.685. The maximum absolute atomic E-state index is 13.3. The Labute approximate surface area is 238 Å². The van der Waals surface area contributed by atoms with Gasteiger partial charge in [0.25, 0.3) is 0 Å². The number of morpholine rings is 1. The average Bonchev–Trinajstić information content (AvgIpc) is 2.99. The van der Waals surface area contributed by atoms with Crippen LogP contribution in [0.3, 0.4) is 0 Å². The normalized spacial score (nSPS) is 22.9. The molecule has 2 N–H and O–H groups in total. The number of aromatic nitrogens is 1. The Bertz CT molecular complexity index is 1030. The summed E-state index contributed by atoms with van der Waals surface area (Å²) < 4.78 is 33.3. The van der Waals surface area contributed by atoms with E-state index in [1.165, 1.54) is 4.47 Å². The summed E-state index contributed by atoms with van der Waals surface area (Å²) >= 11 is 0. The molecule has 2 atom stereocenters. The zero-order chi connectivity index (χ0) is 28.2. The Morgan fingerprint density at radius 2 is 1.62 bits per heavy atom. The molecule has 2 aliphatic carbocycles. The summed E-state index contributed by atoms with van der Waals surface area (Å²) in [6.07, 6.45) is 12.3. The van der Waals surface area contributed by atoms with Crippen molar-refractivity contribution in [2.75, 3.05) is 57.1 Å². The highest BCUT2D eigenvalue weighted by Gasteiger charge is 2.48. The topological polar surface area (TPSA) is 130 Å². The number of rotatable bonds is 17. The number of hydrogen-bond donors (Lipinski definition) is 2. The number of carbonyl (C=O) groups is 2. The second-order valence-electron chi connectivity index (χ2n) is 10.9. The Hall–Kier alpha value is -1.96. The van der Waals surface area contributed by atoms with Gasteiger partial charge in [-0.3, -0.25) is 24.3 Å². The number of hydroxylamine groups is 1. The lowest BCUT2D eigenvalue weighted by molar-refractivity contribution is -0.145. The van der Waals surface area contributed by atoms with Gasteiger partial charge in [-0.25, -0.2) is 8.42 Å². The van der Waals surface area contributed by atoms with E-state index in [0.717, 1.165) is 76.6 Å². The predicted octanol–water partition coefficient (Wildman–Crippen LogP) is 2.15. The van der Waals surface area contributed by atoms with Gasteiger partial charge in [0.1, 0.15) is 12.1 Å². The quantitative estimate of drug-likeness (QED) is 0.161. The van der Waals surface area contributed by atoms with E-state index in [2.05, 4.69) is 20.5 Å². The molecule has 1 aliphatic heterocycles. The zero-order valence-electron chi connectivity index (χ0n) is 23.5. The first kappa shape index (κ1) is 31.0. The van der Waals surface area contributed by atoms with Crippen molar-refractivity contribution in [2.45, 2.75) is 82.3 Å². The van der Waals surface area contributed by atoms with Gasteiger partial charge in [0, 0.05) is 37.7 Å². The van der Waals surface area contributed by atoms with Gasteiger partial charge in [-0.05, 0) is 44.4 Å². The Morgan fingerprint density at radius 3 is 2.38 bits per heavy atom. The number of anilines is 1. The second kappa shape index (κ2) is 15.9. The minimum absolute atomic E-state index is 0.0625. The van der Waals surface area contributed by atoms with Gasteiger partial charge in [-0.1, -0.05) is 43.0 Å². The maximum atomic E-state index is 13.3. The van der Waals surface area contributed by atoms with Crippen LogP contribution in [0.5, 0.6) is 0 Å². The molecule has 2 heterocycles. The molecule has 4 rings (SSSR count). The summed E-state index contributed by atoms with van der Waals surface area (Å²) in [4.78, 5) is 36.2. The van der Waals surface area contributed by atoms with Crippen molar-refractivity contribution in [3.05, 3.63) is 24.5 Å². The molecule has 1 aromatic heterocycles. The number of nitrogens with one attached hydrogen (secondary N) is 2. The van der Waals surface area contributed by atoms with Crippen LogP contribution in [0.4, 0.5) is 5.69 Å². The summed E-state index contributed by atoms with van der Waals surface area (Å²) in [5.41, 5.74) is 0.757. The van der Waals surface area contributed by atoms with Crippen molar-refractivity contribution < 1.29 is 27.6 Å². The van der Waals surface area contributed by atoms with E-state index >= 15 is 0 Å². The zero-order valence-corrected chi connectivity index (χ0v) is 24.3. The Kier molecular flexibility index (Phi) is 12.3. The third kappa shape index (κ3) is 9.02. The van der Waals surface area contributed by atoms with Crippen LogP contribution in [-0.2, 0) is 29.2 Å². The van der Waals surface area contributed by atoms with Crippen LogP contribution in [0.25, 0.3) is 0 Å². The van der Waals surface area contributed by atoms with Crippen LogP contribution < -0.4 is 10.6 Å². The van der Waals surface area contributed by atoms with E-state index < -0.39 is 27.9 Å². The summed E-state index contributed by atoms with van der Waals surface area (Å²) in [5, 5.41) is 6.30. The number of nitrogens with zero attached hydrogens (tertiary/aromatic N) is 3. The number of pyridine rings is 1.